The molecule has 1 aromatic rings. The summed E-state index contributed by atoms with van der Waals surface area (Å²) in [6.45, 7) is 3.90. The molecule has 44 valence electrons. The van der Waals surface area contributed by atoms with E-state index in [4.69, 9.17) is 0 Å². The average Bonchev–Trinajstić information content (AvgIpc) is 1.98. The molecule has 0 fully saturated rings. The van der Waals surface area contributed by atoms with Gasteiger partial charge in [-0.2, -0.15) is 0 Å². The lowest BCUT2D eigenvalue weighted by Crippen LogP contribution is -1.54. The molecule has 0 bridgehead atoms. The summed E-state index contributed by atoms with van der Waals surface area (Å²) in [4.78, 5) is 0. The third-order valence-electron chi connectivity index (χ3n) is 1.31. The van der Waals surface area contributed by atoms with Gasteiger partial charge < -0.3 is 0 Å². The summed E-state index contributed by atoms with van der Waals surface area (Å²) in [6.07, 6.45) is 0. The summed E-state index contributed by atoms with van der Waals surface area (Å²) >= 11 is 0. The van der Waals surface area contributed by atoms with Gasteiger partial charge in [-0.25, -0.2) is 4.39 Å². The molecule has 1 unspecified atom stereocenters. The van der Waals surface area contributed by atoms with E-state index >= 15 is 0 Å². The predicted octanol–water partition coefficient (Wildman–Crippen LogP) is 2.66. The fraction of sp³-hybridized carbons (Fsp3) is 0.333. The van der Waals surface area contributed by atoms with Gasteiger partial charge in [-0.15, -0.1) is 0 Å². The van der Waals surface area contributed by atoms with Crippen LogP contribution in [0.2, 0.25) is 0 Å². The van der Waals surface area contributed by atoms with E-state index in [0.29, 0.717) is 0 Å². The molecular formula is C6H8FP. The largest absolute Gasteiger partial charge is 0.202 e. The van der Waals surface area contributed by atoms with Gasteiger partial charge in [0.25, 0.3) is 0 Å². The van der Waals surface area contributed by atoms with Crippen molar-refractivity contribution < 1.29 is 4.39 Å². The monoisotopic (exact) mass is 130 g/mol. The van der Waals surface area contributed by atoms with Gasteiger partial charge in [0.05, 0.1) is 0 Å². The van der Waals surface area contributed by atoms with Gasteiger partial charge in [0, 0.05) is 0 Å². The zero-order chi connectivity index (χ0) is 6.15. The van der Waals surface area contributed by atoms with Gasteiger partial charge in [0.15, 0.2) is 0 Å². The van der Waals surface area contributed by atoms with Crippen LogP contribution in [0.1, 0.15) is 5.30 Å². The molecule has 1 heterocycles. The Kier molecular flexibility index (Phi) is 1.39. The van der Waals surface area contributed by atoms with Crippen molar-refractivity contribution in [1.29, 1.82) is 0 Å². The molecule has 1 aromatic heterocycles. The smallest absolute Gasteiger partial charge is 0.141 e. The van der Waals surface area contributed by atoms with Gasteiger partial charge in [0.1, 0.15) is 5.55 Å². The van der Waals surface area contributed by atoms with Gasteiger partial charge in [-0.1, -0.05) is 13.6 Å². The molecule has 0 nitrogen and oxygen atoms in total. The number of halogens is 1. The molecule has 8 heavy (non-hydrogen) atoms. The SMILES string of the molecule is Cc1ccc(F)p1C. The second-order valence-electron chi connectivity index (χ2n) is 1.86. The van der Waals surface area contributed by atoms with Crippen LogP contribution in [0, 0.1) is 12.5 Å². The van der Waals surface area contributed by atoms with Crippen LogP contribution >= 0.6 is 7.53 Å². The lowest BCUT2D eigenvalue weighted by atomic mass is 10.5. The van der Waals surface area contributed by atoms with Gasteiger partial charge >= 0.3 is 0 Å². The van der Waals surface area contributed by atoms with E-state index in [-0.39, 0.29) is 5.55 Å². The van der Waals surface area contributed by atoms with Crippen molar-refractivity contribution in [2.75, 3.05) is 0 Å². The first kappa shape index (κ1) is 5.84. The summed E-state index contributed by atoms with van der Waals surface area (Å²) in [5.74, 6) is 0. The summed E-state index contributed by atoms with van der Waals surface area (Å²) in [5, 5.41) is 1.18. The molecule has 0 aliphatic rings. The van der Waals surface area contributed by atoms with Crippen LogP contribution in [-0.2, 0) is 6.66 Å². The molecule has 0 saturated heterocycles. The quantitative estimate of drug-likeness (QED) is 0.506. The van der Waals surface area contributed by atoms with Crippen molar-refractivity contribution in [2.45, 2.75) is 6.92 Å². The maximum atomic E-state index is 12.4. The topological polar surface area (TPSA) is 0 Å². The van der Waals surface area contributed by atoms with E-state index in [9.17, 15) is 4.39 Å². The highest BCUT2D eigenvalue weighted by atomic mass is 31.1. The Bertz CT molecular complexity index is 171. The molecular weight excluding hydrogens is 122 g/mol. The minimum Gasteiger partial charge on any atom is -0.202 e. The molecule has 0 aliphatic heterocycles. The molecule has 1 rings (SSSR count). The first-order valence-electron chi connectivity index (χ1n) is 2.49. The van der Waals surface area contributed by atoms with Gasteiger partial charge in [0.2, 0.25) is 0 Å². The van der Waals surface area contributed by atoms with Crippen LogP contribution in [0.3, 0.4) is 0 Å². The standard InChI is InChI=1S/C6H8FP/c1-5-3-4-6(7)8(5)2/h3-4H,1-2H3. The molecule has 1 atom stereocenters. The molecule has 0 saturated carbocycles. The maximum absolute atomic E-state index is 12.4. The number of hydrogen-bond donors (Lipinski definition) is 0. The Morgan fingerprint density at radius 1 is 1.50 bits per heavy atom. The highest BCUT2D eigenvalue weighted by molar-refractivity contribution is 7.48. The van der Waals surface area contributed by atoms with E-state index in [0.717, 1.165) is 0 Å². The highest BCUT2D eigenvalue weighted by Gasteiger charge is 1.97. The number of hydrogen-bond acceptors (Lipinski definition) is 0. The summed E-state index contributed by atoms with van der Waals surface area (Å²) in [7, 11) is -0.532. The Morgan fingerprint density at radius 3 is 2.25 bits per heavy atom. The van der Waals surface area contributed by atoms with Gasteiger partial charge in [-0.05, 0) is 25.0 Å². The number of rotatable bonds is 0. The van der Waals surface area contributed by atoms with Crippen molar-refractivity contribution in [3.8, 4) is 0 Å². The summed E-state index contributed by atoms with van der Waals surface area (Å²) in [5.41, 5.74) is 0.0532. The van der Waals surface area contributed by atoms with E-state index in [1.165, 1.54) is 5.30 Å². The highest BCUT2D eigenvalue weighted by Crippen LogP contribution is 2.32. The lowest BCUT2D eigenvalue weighted by Gasteiger charge is -1.86. The van der Waals surface area contributed by atoms with Crippen molar-refractivity contribution >= 4 is 7.53 Å². The van der Waals surface area contributed by atoms with Crippen molar-refractivity contribution in [2.24, 2.45) is 6.66 Å². The molecule has 2 heteroatoms. The Hall–Kier alpha value is -0.290. The van der Waals surface area contributed by atoms with Crippen LogP contribution in [0.15, 0.2) is 12.1 Å². The fourth-order valence-corrected chi connectivity index (χ4v) is 1.51. The second kappa shape index (κ2) is 1.91. The molecule has 0 radical (unpaired) electrons. The van der Waals surface area contributed by atoms with E-state index in [1.54, 1.807) is 6.07 Å². The molecule has 0 aromatic carbocycles. The second-order valence-corrected chi connectivity index (χ2v) is 4.11. The maximum Gasteiger partial charge on any atom is 0.141 e. The zero-order valence-electron chi connectivity index (χ0n) is 4.98. The van der Waals surface area contributed by atoms with E-state index in [1.807, 2.05) is 19.7 Å². The van der Waals surface area contributed by atoms with Crippen LogP contribution in [0.5, 0.6) is 0 Å². The van der Waals surface area contributed by atoms with Crippen molar-refractivity contribution in [3.63, 3.8) is 0 Å². The van der Waals surface area contributed by atoms with E-state index < -0.39 is 7.53 Å². The Balaban J connectivity index is 3.19. The van der Waals surface area contributed by atoms with Crippen molar-refractivity contribution in [3.05, 3.63) is 23.0 Å². The first-order chi connectivity index (χ1) is 3.72. The third-order valence-corrected chi connectivity index (χ3v) is 3.31. The third kappa shape index (κ3) is 0.784. The first-order valence-corrected chi connectivity index (χ1v) is 4.28. The zero-order valence-corrected chi connectivity index (χ0v) is 5.87. The van der Waals surface area contributed by atoms with Crippen LogP contribution in [-0.4, -0.2) is 0 Å². The molecule has 0 aliphatic carbocycles. The van der Waals surface area contributed by atoms with Crippen LogP contribution in [0.4, 0.5) is 4.39 Å². The van der Waals surface area contributed by atoms with E-state index in [2.05, 4.69) is 0 Å². The Labute approximate surface area is 49.4 Å². The fourth-order valence-electron chi connectivity index (χ4n) is 0.581. The summed E-state index contributed by atoms with van der Waals surface area (Å²) in [6, 6.07) is 3.40. The normalized spacial score (nSPS) is 12.1. The Morgan fingerprint density at radius 2 is 2.12 bits per heavy atom. The molecule has 0 spiro atoms. The molecule has 0 amide bonds. The van der Waals surface area contributed by atoms with Gasteiger partial charge in [-0.3, -0.25) is 0 Å². The van der Waals surface area contributed by atoms with Crippen molar-refractivity contribution in [1.82, 2.24) is 0 Å². The molecule has 0 N–H and O–H groups in total. The summed E-state index contributed by atoms with van der Waals surface area (Å²) < 4.78 is 12.4. The van der Waals surface area contributed by atoms with Crippen LogP contribution < -0.4 is 0 Å². The minimum absolute atomic E-state index is 0.0532. The average molecular weight is 130 g/mol. The predicted molar refractivity (Wildman–Crippen MR) is 34.8 cm³/mol. The minimum atomic E-state index is -0.532. The lowest BCUT2D eigenvalue weighted by molar-refractivity contribution is 0.656. The van der Waals surface area contributed by atoms with Crippen LogP contribution in [0.25, 0.3) is 0 Å². The number of aryl methyl sites for hydroxylation is 1.